The Morgan fingerprint density at radius 3 is 2.54 bits per heavy atom. The van der Waals surface area contributed by atoms with Crippen LogP contribution in [0.3, 0.4) is 0 Å². The minimum absolute atomic E-state index is 0. The molecule has 6 nitrogen and oxygen atoms in total. The molecule has 1 saturated heterocycles. The highest BCUT2D eigenvalue weighted by molar-refractivity contribution is 7.89. The fourth-order valence-electron chi connectivity index (χ4n) is 2.86. The van der Waals surface area contributed by atoms with E-state index in [-0.39, 0.29) is 36.0 Å². The second-order valence-electron chi connectivity index (χ2n) is 7.57. The molecule has 1 heterocycles. The molecule has 2 rings (SSSR count). The maximum Gasteiger partial charge on any atom is 0.244 e. The van der Waals surface area contributed by atoms with Crippen LogP contribution in [0, 0.1) is 11.7 Å². The molecule has 1 aromatic carbocycles. The van der Waals surface area contributed by atoms with Gasteiger partial charge in [0.05, 0.1) is 0 Å². The van der Waals surface area contributed by atoms with Crippen molar-refractivity contribution >= 4 is 34.0 Å². The molecule has 26 heavy (non-hydrogen) atoms. The Bertz CT molecular complexity index is 750. The first-order valence-corrected chi connectivity index (χ1v) is 9.84. The van der Waals surface area contributed by atoms with Gasteiger partial charge in [0.25, 0.3) is 0 Å². The Labute approximate surface area is 160 Å². The molecule has 0 spiro atoms. The first-order chi connectivity index (χ1) is 11.5. The van der Waals surface area contributed by atoms with Crippen LogP contribution in [0.5, 0.6) is 0 Å². The van der Waals surface area contributed by atoms with Gasteiger partial charge in [0.2, 0.25) is 15.9 Å². The number of nitrogens with one attached hydrogen (secondary N) is 3. The SMILES string of the molecule is C[C@H]1C[C@@H](C(=O)Nc2ccc(F)c(S(=O)(=O)NC(C)(C)C)c2)CCN1.Cl. The van der Waals surface area contributed by atoms with Crippen molar-refractivity contribution in [3.63, 3.8) is 0 Å². The topological polar surface area (TPSA) is 87.3 Å². The third kappa shape index (κ3) is 6.19. The Hall–Kier alpha value is -1.22. The molecular formula is C17H27ClFN3O3S. The summed E-state index contributed by atoms with van der Waals surface area (Å²) in [6.07, 6.45) is 1.43. The zero-order valence-corrected chi connectivity index (χ0v) is 17.1. The quantitative estimate of drug-likeness (QED) is 0.716. The minimum Gasteiger partial charge on any atom is -0.326 e. The molecule has 148 valence electrons. The lowest BCUT2D eigenvalue weighted by atomic mass is 9.92. The van der Waals surface area contributed by atoms with Crippen molar-refractivity contribution in [3.8, 4) is 0 Å². The van der Waals surface area contributed by atoms with Gasteiger partial charge in [-0.1, -0.05) is 0 Å². The monoisotopic (exact) mass is 407 g/mol. The molecule has 1 fully saturated rings. The Balaban J connectivity index is 0.00000338. The Morgan fingerprint density at radius 1 is 1.31 bits per heavy atom. The van der Waals surface area contributed by atoms with Crippen LogP contribution in [0.4, 0.5) is 10.1 Å². The van der Waals surface area contributed by atoms with E-state index >= 15 is 0 Å². The standard InChI is InChI=1S/C17H26FN3O3S.ClH/c1-11-9-12(7-8-19-11)16(22)20-13-5-6-14(18)15(10-13)25(23,24)21-17(2,3)4;/h5-6,10-12,19,21H,7-9H2,1-4H3,(H,20,22);1H/t11-,12-;/m0./s1. The van der Waals surface area contributed by atoms with Crippen LogP contribution >= 0.6 is 12.4 Å². The number of hydrogen-bond donors (Lipinski definition) is 3. The fraction of sp³-hybridized carbons (Fsp3) is 0.588. The molecule has 2 atom stereocenters. The zero-order valence-electron chi connectivity index (χ0n) is 15.4. The van der Waals surface area contributed by atoms with Gasteiger partial charge in [-0.25, -0.2) is 17.5 Å². The second kappa shape index (κ2) is 8.65. The molecule has 0 aliphatic carbocycles. The van der Waals surface area contributed by atoms with Crippen molar-refractivity contribution in [2.45, 2.75) is 57.0 Å². The molecule has 0 bridgehead atoms. The van der Waals surface area contributed by atoms with Crippen LogP contribution < -0.4 is 15.4 Å². The van der Waals surface area contributed by atoms with Gasteiger partial charge in [0, 0.05) is 23.2 Å². The number of anilines is 1. The number of rotatable bonds is 4. The Morgan fingerprint density at radius 2 is 1.96 bits per heavy atom. The maximum atomic E-state index is 14.0. The molecule has 1 aliphatic rings. The smallest absolute Gasteiger partial charge is 0.244 e. The van der Waals surface area contributed by atoms with E-state index in [0.29, 0.717) is 12.8 Å². The highest BCUT2D eigenvalue weighted by atomic mass is 35.5. The summed E-state index contributed by atoms with van der Waals surface area (Å²) in [7, 11) is -4.03. The van der Waals surface area contributed by atoms with E-state index in [1.54, 1.807) is 20.8 Å². The number of piperidine rings is 1. The second-order valence-corrected chi connectivity index (χ2v) is 9.22. The number of carbonyl (C=O) groups excluding carboxylic acids is 1. The van der Waals surface area contributed by atoms with Gasteiger partial charge in [-0.2, -0.15) is 0 Å². The lowest BCUT2D eigenvalue weighted by molar-refractivity contribution is -0.120. The van der Waals surface area contributed by atoms with Crippen LogP contribution in [-0.2, 0) is 14.8 Å². The summed E-state index contributed by atoms with van der Waals surface area (Å²) >= 11 is 0. The molecule has 3 N–H and O–H groups in total. The van der Waals surface area contributed by atoms with Crippen molar-refractivity contribution < 1.29 is 17.6 Å². The lowest BCUT2D eigenvalue weighted by Crippen LogP contribution is -2.41. The summed E-state index contributed by atoms with van der Waals surface area (Å²) < 4.78 is 41.2. The third-order valence-corrected chi connectivity index (χ3v) is 5.70. The van der Waals surface area contributed by atoms with Gasteiger partial charge in [0.15, 0.2) is 0 Å². The van der Waals surface area contributed by atoms with Crippen molar-refractivity contribution in [2.75, 3.05) is 11.9 Å². The summed E-state index contributed by atoms with van der Waals surface area (Å²) in [6, 6.07) is 3.84. The van der Waals surface area contributed by atoms with Crippen LogP contribution in [0.25, 0.3) is 0 Å². The zero-order chi connectivity index (χ0) is 18.8. The molecule has 1 amide bonds. The summed E-state index contributed by atoms with van der Waals surface area (Å²) in [6.45, 7) is 7.79. The predicted molar refractivity (Wildman–Crippen MR) is 103 cm³/mol. The summed E-state index contributed by atoms with van der Waals surface area (Å²) in [5.74, 6) is -1.17. The van der Waals surface area contributed by atoms with E-state index in [1.807, 2.05) is 6.92 Å². The molecule has 0 unspecified atom stereocenters. The van der Waals surface area contributed by atoms with Crippen molar-refractivity contribution in [1.29, 1.82) is 0 Å². The van der Waals surface area contributed by atoms with E-state index < -0.39 is 26.3 Å². The highest BCUT2D eigenvalue weighted by Crippen LogP contribution is 2.23. The number of amides is 1. The largest absolute Gasteiger partial charge is 0.326 e. The molecule has 0 radical (unpaired) electrons. The van der Waals surface area contributed by atoms with E-state index in [9.17, 15) is 17.6 Å². The van der Waals surface area contributed by atoms with Gasteiger partial charge < -0.3 is 10.6 Å². The van der Waals surface area contributed by atoms with E-state index in [1.165, 1.54) is 6.07 Å². The van der Waals surface area contributed by atoms with Gasteiger partial charge in [-0.3, -0.25) is 4.79 Å². The number of sulfonamides is 1. The predicted octanol–water partition coefficient (Wildman–Crippen LogP) is 2.65. The van der Waals surface area contributed by atoms with E-state index in [4.69, 9.17) is 0 Å². The van der Waals surface area contributed by atoms with Crippen molar-refractivity contribution in [3.05, 3.63) is 24.0 Å². The molecule has 1 aromatic rings. The van der Waals surface area contributed by atoms with E-state index in [2.05, 4.69) is 15.4 Å². The van der Waals surface area contributed by atoms with Gasteiger partial charge in [0.1, 0.15) is 10.7 Å². The first kappa shape index (κ1) is 22.8. The molecule has 0 saturated carbocycles. The van der Waals surface area contributed by atoms with Gasteiger partial charge in [-0.15, -0.1) is 12.4 Å². The molecule has 9 heteroatoms. The van der Waals surface area contributed by atoms with Crippen LogP contribution in [0.2, 0.25) is 0 Å². The minimum atomic E-state index is -4.03. The van der Waals surface area contributed by atoms with Crippen molar-refractivity contribution in [2.24, 2.45) is 5.92 Å². The first-order valence-electron chi connectivity index (χ1n) is 8.36. The number of halogens is 2. The average molecular weight is 408 g/mol. The number of hydrogen-bond acceptors (Lipinski definition) is 4. The summed E-state index contributed by atoms with van der Waals surface area (Å²) in [5.41, 5.74) is -0.470. The number of carbonyl (C=O) groups is 1. The van der Waals surface area contributed by atoms with E-state index in [0.717, 1.165) is 18.7 Å². The molecule has 0 aromatic heterocycles. The summed E-state index contributed by atoms with van der Waals surface area (Å²) in [4.78, 5) is 11.9. The fourth-order valence-corrected chi connectivity index (χ4v) is 4.38. The number of benzene rings is 1. The van der Waals surface area contributed by atoms with Gasteiger partial charge in [-0.05, 0) is 65.3 Å². The normalized spacial score (nSPS) is 21.0. The highest BCUT2D eigenvalue weighted by Gasteiger charge is 2.27. The van der Waals surface area contributed by atoms with Crippen LogP contribution in [-0.4, -0.2) is 32.5 Å². The van der Waals surface area contributed by atoms with Gasteiger partial charge >= 0.3 is 0 Å². The average Bonchev–Trinajstić information content (AvgIpc) is 2.46. The van der Waals surface area contributed by atoms with Crippen LogP contribution in [0.1, 0.15) is 40.5 Å². The Kier molecular flexibility index (Phi) is 7.59. The lowest BCUT2D eigenvalue weighted by Gasteiger charge is -2.27. The third-order valence-electron chi connectivity index (χ3n) is 3.92. The van der Waals surface area contributed by atoms with Crippen molar-refractivity contribution in [1.82, 2.24) is 10.0 Å². The molecular weight excluding hydrogens is 381 g/mol. The maximum absolute atomic E-state index is 14.0. The summed E-state index contributed by atoms with van der Waals surface area (Å²) in [5, 5.41) is 5.98. The molecule has 1 aliphatic heterocycles. The van der Waals surface area contributed by atoms with Crippen LogP contribution in [0.15, 0.2) is 23.1 Å².